The Kier molecular flexibility index (Phi) is 4.54. The molecule has 1 amide bonds. The maximum absolute atomic E-state index is 11.6. The lowest BCUT2D eigenvalue weighted by Gasteiger charge is -2.16. The van der Waals surface area contributed by atoms with Crippen LogP contribution >= 0.6 is 0 Å². The zero-order valence-corrected chi connectivity index (χ0v) is 13.2. The van der Waals surface area contributed by atoms with Gasteiger partial charge in [-0.1, -0.05) is 18.2 Å². The van der Waals surface area contributed by atoms with E-state index in [1.54, 1.807) is 30.2 Å². The molecule has 7 heteroatoms. The molecule has 1 aliphatic heterocycles. The van der Waals surface area contributed by atoms with Gasteiger partial charge in [0.15, 0.2) is 0 Å². The van der Waals surface area contributed by atoms with Gasteiger partial charge in [-0.2, -0.15) is 0 Å². The molecular weight excluding hydrogens is 312 g/mol. The van der Waals surface area contributed by atoms with E-state index in [1.165, 1.54) is 0 Å². The summed E-state index contributed by atoms with van der Waals surface area (Å²) in [5, 5.41) is 18.5. The van der Waals surface area contributed by atoms with E-state index in [2.05, 4.69) is 0 Å². The maximum Gasteiger partial charge on any atom is 0.410 e. The van der Waals surface area contributed by atoms with Gasteiger partial charge in [-0.25, -0.2) is 4.79 Å². The molecule has 1 heterocycles. The molecule has 2 aromatic carbocycles. The van der Waals surface area contributed by atoms with Gasteiger partial charge >= 0.3 is 6.09 Å². The third-order valence-corrected chi connectivity index (χ3v) is 3.87. The van der Waals surface area contributed by atoms with Crippen molar-refractivity contribution in [1.82, 2.24) is 4.90 Å². The molecule has 24 heavy (non-hydrogen) atoms. The lowest BCUT2D eigenvalue weighted by molar-refractivity contribution is 0.0292. The molecular formula is C17H18N2O5. The van der Waals surface area contributed by atoms with E-state index < -0.39 is 0 Å². The average molecular weight is 330 g/mol. The monoisotopic (exact) mass is 330 g/mol. The first-order valence-corrected chi connectivity index (χ1v) is 7.45. The standard InChI is InChI=1S/C17H18N2O5/c1-23-16-6-5-12(11-18-7-8-24-17(18)20)9-15(16)13-3-2-4-14(10-13)19(21)22/h2-6,9-10,21-22H,7-8,11H2,1H3. The van der Waals surface area contributed by atoms with Crippen LogP contribution in [0.3, 0.4) is 0 Å². The van der Waals surface area contributed by atoms with Gasteiger partial charge in [0.1, 0.15) is 12.4 Å². The quantitative estimate of drug-likeness (QED) is 0.820. The first kappa shape index (κ1) is 16.1. The van der Waals surface area contributed by atoms with Crippen molar-refractivity contribution < 1.29 is 24.7 Å². The van der Waals surface area contributed by atoms with Crippen LogP contribution in [0.4, 0.5) is 10.5 Å². The summed E-state index contributed by atoms with van der Waals surface area (Å²) in [6, 6.07) is 12.4. The Balaban J connectivity index is 1.95. The van der Waals surface area contributed by atoms with Crippen molar-refractivity contribution in [2.75, 3.05) is 25.5 Å². The summed E-state index contributed by atoms with van der Waals surface area (Å²) in [6.45, 7) is 1.42. The van der Waals surface area contributed by atoms with E-state index >= 15 is 0 Å². The number of hydrogen-bond donors (Lipinski definition) is 2. The van der Waals surface area contributed by atoms with Crippen molar-refractivity contribution in [3.8, 4) is 16.9 Å². The Hall–Kier alpha value is -2.77. The highest BCUT2D eigenvalue weighted by Crippen LogP contribution is 2.33. The number of carbonyl (C=O) groups is 1. The van der Waals surface area contributed by atoms with Crippen LogP contribution in [0.2, 0.25) is 0 Å². The van der Waals surface area contributed by atoms with Crippen molar-refractivity contribution in [1.29, 1.82) is 0 Å². The highest BCUT2D eigenvalue weighted by molar-refractivity contribution is 5.74. The SMILES string of the molecule is COc1ccc(CN2CCOC2=O)cc1-c1cccc(N(O)O)c1. The molecule has 1 saturated heterocycles. The Morgan fingerprint density at radius 2 is 2.08 bits per heavy atom. The van der Waals surface area contributed by atoms with Gasteiger partial charge in [-0.15, -0.1) is 5.23 Å². The van der Waals surface area contributed by atoms with Gasteiger partial charge < -0.3 is 14.4 Å². The van der Waals surface area contributed by atoms with Crippen LogP contribution < -0.4 is 9.96 Å². The summed E-state index contributed by atoms with van der Waals surface area (Å²) in [5.41, 5.74) is 2.73. The largest absolute Gasteiger partial charge is 0.496 e. The normalized spacial score (nSPS) is 13.8. The van der Waals surface area contributed by atoms with E-state index in [9.17, 15) is 15.2 Å². The molecule has 3 rings (SSSR count). The maximum atomic E-state index is 11.6. The zero-order chi connectivity index (χ0) is 17.1. The summed E-state index contributed by atoms with van der Waals surface area (Å²) in [4.78, 5) is 13.2. The molecule has 0 radical (unpaired) electrons. The number of hydrogen-bond acceptors (Lipinski definition) is 6. The number of benzene rings is 2. The summed E-state index contributed by atoms with van der Waals surface area (Å²) in [7, 11) is 1.57. The molecule has 0 spiro atoms. The Morgan fingerprint density at radius 3 is 2.75 bits per heavy atom. The van der Waals surface area contributed by atoms with Gasteiger partial charge in [0.2, 0.25) is 0 Å². The van der Waals surface area contributed by atoms with E-state index in [0.717, 1.165) is 16.7 Å². The minimum Gasteiger partial charge on any atom is -0.496 e. The number of anilines is 1. The third kappa shape index (κ3) is 3.27. The second-order valence-electron chi connectivity index (χ2n) is 5.41. The van der Waals surface area contributed by atoms with Gasteiger partial charge in [0.25, 0.3) is 0 Å². The van der Waals surface area contributed by atoms with E-state index in [1.807, 2.05) is 24.3 Å². The lowest BCUT2D eigenvalue weighted by Crippen LogP contribution is -2.23. The summed E-state index contributed by atoms with van der Waals surface area (Å²) in [5.74, 6) is 0.655. The fourth-order valence-corrected chi connectivity index (χ4v) is 2.67. The lowest BCUT2D eigenvalue weighted by atomic mass is 10.0. The molecule has 0 aromatic heterocycles. The van der Waals surface area contributed by atoms with Crippen LogP contribution in [0.5, 0.6) is 5.75 Å². The smallest absolute Gasteiger partial charge is 0.410 e. The molecule has 126 valence electrons. The van der Waals surface area contributed by atoms with Crippen molar-refractivity contribution >= 4 is 11.8 Å². The first-order chi connectivity index (χ1) is 11.6. The van der Waals surface area contributed by atoms with E-state index in [-0.39, 0.29) is 17.0 Å². The molecule has 0 bridgehead atoms. The van der Waals surface area contributed by atoms with E-state index in [4.69, 9.17) is 9.47 Å². The molecule has 0 saturated carbocycles. The first-order valence-electron chi connectivity index (χ1n) is 7.45. The molecule has 0 unspecified atom stereocenters. The van der Waals surface area contributed by atoms with Crippen molar-refractivity contribution in [3.63, 3.8) is 0 Å². The van der Waals surface area contributed by atoms with Crippen LogP contribution in [0.15, 0.2) is 42.5 Å². The predicted octanol–water partition coefficient (Wildman–Crippen LogP) is 2.90. The highest BCUT2D eigenvalue weighted by Gasteiger charge is 2.22. The summed E-state index contributed by atoms with van der Waals surface area (Å²) < 4.78 is 10.3. The molecule has 0 aliphatic carbocycles. The number of cyclic esters (lactones) is 1. The molecule has 7 nitrogen and oxygen atoms in total. The number of amides is 1. The van der Waals surface area contributed by atoms with Crippen LogP contribution in [0, 0.1) is 0 Å². The van der Waals surface area contributed by atoms with Gasteiger partial charge in [-0.3, -0.25) is 10.4 Å². The van der Waals surface area contributed by atoms with Crippen molar-refractivity contribution in [2.24, 2.45) is 0 Å². The summed E-state index contributed by atoms with van der Waals surface area (Å²) in [6.07, 6.45) is -0.314. The molecule has 2 aromatic rings. The zero-order valence-electron chi connectivity index (χ0n) is 13.2. The van der Waals surface area contributed by atoms with Gasteiger partial charge in [0.05, 0.1) is 19.3 Å². The molecule has 1 fully saturated rings. The molecule has 1 aliphatic rings. The number of ether oxygens (including phenoxy) is 2. The van der Waals surface area contributed by atoms with Crippen LogP contribution in [0.1, 0.15) is 5.56 Å². The highest BCUT2D eigenvalue weighted by atomic mass is 16.8. The van der Waals surface area contributed by atoms with Crippen LogP contribution in [-0.4, -0.2) is 41.7 Å². The second-order valence-corrected chi connectivity index (χ2v) is 5.41. The third-order valence-electron chi connectivity index (χ3n) is 3.87. The van der Waals surface area contributed by atoms with Gasteiger partial charge in [-0.05, 0) is 35.4 Å². The number of carbonyl (C=O) groups excluding carboxylic acids is 1. The Bertz CT molecular complexity index is 748. The fourth-order valence-electron chi connectivity index (χ4n) is 2.67. The van der Waals surface area contributed by atoms with Crippen LogP contribution in [0.25, 0.3) is 11.1 Å². The number of methoxy groups -OCH3 is 1. The number of rotatable bonds is 5. The molecule has 0 atom stereocenters. The fraction of sp³-hybridized carbons (Fsp3) is 0.235. The predicted molar refractivity (Wildman–Crippen MR) is 86.2 cm³/mol. The minimum atomic E-state index is -0.314. The number of nitrogens with zero attached hydrogens (tertiary/aromatic N) is 2. The second kappa shape index (κ2) is 6.77. The van der Waals surface area contributed by atoms with E-state index in [0.29, 0.717) is 25.4 Å². The summed E-state index contributed by atoms with van der Waals surface area (Å²) >= 11 is 0. The Labute approximate surface area is 139 Å². The Morgan fingerprint density at radius 1 is 1.25 bits per heavy atom. The molecule has 2 N–H and O–H groups in total. The van der Waals surface area contributed by atoms with Gasteiger partial charge in [0, 0.05) is 12.1 Å². The van der Waals surface area contributed by atoms with Crippen molar-refractivity contribution in [2.45, 2.75) is 6.54 Å². The average Bonchev–Trinajstić information content (AvgIpc) is 3.00. The van der Waals surface area contributed by atoms with Crippen molar-refractivity contribution in [3.05, 3.63) is 48.0 Å². The topological polar surface area (TPSA) is 82.5 Å². The minimum absolute atomic E-state index is 0.0695. The van der Waals surface area contributed by atoms with Crippen LogP contribution in [-0.2, 0) is 11.3 Å².